The van der Waals surface area contributed by atoms with E-state index in [2.05, 4.69) is 24.6 Å². The van der Waals surface area contributed by atoms with Crippen LogP contribution in [0.15, 0.2) is 64.4 Å². The number of sulfonamides is 1. The summed E-state index contributed by atoms with van der Waals surface area (Å²) in [6.07, 6.45) is 10.4. The average molecular weight is 441 g/mol. The van der Waals surface area contributed by atoms with Crippen LogP contribution >= 0.6 is 0 Å². The Kier molecular flexibility index (Phi) is 6.11. The van der Waals surface area contributed by atoms with E-state index in [0.29, 0.717) is 29.6 Å². The van der Waals surface area contributed by atoms with E-state index in [0.717, 1.165) is 42.8 Å². The standard InChI is InChI=1S/C25H32N2O3S/c1-4-25(28)27-13-5-6-20-14-21-15-22(10-7-19(21)16-24(20)27)26-31(29,30)23-11-8-18(9-12-23)17(2)3/h7-12,16-17,20-21,26H,4-6,13-15H2,1-3H3. The number of rotatable bonds is 5. The summed E-state index contributed by atoms with van der Waals surface area (Å²) < 4.78 is 28.6. The molecule has 31 heavy (non-hydrogen) atoms. The van der Waals surface area contributed by atoms with Crippen molar-refractivity contribution >= 4 is 15.9 Å². The highest BCUT2D eigenvalue weighted by molar-refractivity contribution is 7.89. The zero-order valence-corrected chi connectivity index (χ0v) is 19.4. The van der Waals surface area contributed by atoms with Crippen LogP contribution in [0.25, 0.3) is 0 Å². The van der Waals surface area contributed by atoms with Gasteiger partial charge in [0, 0.05) is 24.4 Å². The Morgan fingerprint density at radius 2 is 1.90 bits per heavy atom. The van der Waals surface area contributed by atoms with Gasteiger partial charge in [0.15, 0.2) is 0 Å². The molecule has 1 fully saturated rings. The maximum Gasteiger partial charge on any atom is 0.261 e. The molecular weight excluding hydrogens is 408 g/mol. The van der Waals surface area contributed by atoms with Crippen molar-refractivity contribution in [1.82, 2.24) is 9.62 Å². The maximum atomic E-state index is 12.9. The molecule has 1 aromatic carbocycles. The summed E-state index contributed by atoms with van der Waals surface area (Å²) in [6, 6.07) is 7.12. The molecule has 2 unspecified atom stereocenters. The van der Waals surface area contributed by atoms with Crippen molar-refractivity contribution in [3.63, 3.8) is 0 Å². The number of nitrogens with zero attached hydrogens (tertiary/aromatic N) is 1. The van der Waals surface area contributed by atoms with Gasteiger partial charge in [0.2, 0.25) is 5.91 Å². The fraction of sp³-hybridized carbons (Fsp3) is 0.480. The first-order chi connectivity index (χ1) is 14.8. The Morgan fingerprint density at radius 3 is 2.58 bits per heavy atom. The molecule has 2 atom stereocenters. The molecule has 6 heteroatoms. The van der Waals surface area contributed by atoms with E-state index in [-0.39, 0.29) is 11.8 Å². The van der Waals surface area contributed by atoms with Gasteiger partial charge in [-0.15, -0.1) is 0 Å². The van der Waals surface area contributed by atoms with Gasteiger partial charge in [-0.05, 0) is 78.9 Å². The molecule has 2 aliphatic carbocycles. The zero-order chi connectivity index (χ0) is 22.2. The topological polar surface area (TPSA) is 66.5 Å². The van der Waals surface area contributed by atoms with Gasteiger partial charge in [-0.1, -0.05) is 39.0 Å². The molecule has 0 saturated carbocycles. The van der Waals surface area contributed by atoms with Crippen LogP contribution in [-0.4, -0.2) is 25.8 Å². The highest BCUT2D eigenvalue weighted by Gasteiger charge is 2.36. The van der Waals surface area contributed by atoms with Gasteiger partial charge >= 0.3 is 0 Å². The molecule has 1 saturated heterocycles. The number of piperidine rings is 1. The molecule has 0 spiro atoms. The fourth-order valence-corrected chi connectivity index (χ4v) is 6.02. The Hall–Kier alpha value is -2.34. The number of amides is 1. The lowest BCUT2D eigenvalue weighted by molar-refractivity contribution is -0.130. The number of carbonyl (C=O) groups excluding carboxylic acids is 1. The number of fused-ring (bicyclic) bond motifs is 2. The first-order valence-corrected chi connectivity index (χ1v) is 12.8. The lowest BCUT2D eigenvalue weighted by atomic mass is 9.73. The molecule has 1 aromatic rings. The van der Waals surface area contributed by atoms with Crippen LogP contribution in [0.5, 0.6) is 0 Å². The summed E-state index contributed by atoms with van der Waals surface area (Å²) in [5.41, 5.74) is 4.21. The largest absolute Gasteiger partial charge is 0.316 e. The van der Waals surface area contributed by atoms with Crippen molar-refractivity contribution in [3.8, 4) is 0 Å². The van der Waals surface area contributed by atoms with Crippen LogP contribution in [-0.2, 0) is 14.8 Å². The second-order valence-electron chi connectivity index (χ2n) is 9.13. The summed E-state index contributed by atoms with van der Waals surface area (Å²) in [4.78, 5) is 14.6. The monoisotopic (exact) mass is 440 g/mol. The van der Waals surface area contributed by atoms with Crippen molar-refractivity contribution in [2.45, 2.75) is 63.7 Å². The van der Waals surface area contributed by atoms with Gasteiger partial charge in [-0.3, -0.25) is 9.52 Å². The normalized spacial score (nSPS) is 23.4. The van der Waals surface area contributed by atoms with Crippen LogP contribution in [0.2, 0.25) is 0 Å². The molecule has 1 heterocycles. The number of hydrogen-bond acceptors (Lipinski definition) is 3. The van der Waals surface area contributed by atoms with E-state index in [9.17, 15) is 13.2 Å². The third kappa shape index (κ3) is 4.49. The van der Waals surface area contributed by atoms with Crippen LogP contribution in [0.1, 0.15) is 64.4 Å². The number of carbonyl (C=O) groups is 1. The zero-order valence-electron chi connectivity index (χ0n) is 18.6. The molecule has 3 aliphatic rings. The average Bonchev–Trinajstić information content (AvgIpc) is 2.76. The highest BCUT2D eigenvalue weighted by Crippen LogP contribution is 2.43. The van der Waals surface area contributed by atoms with E-state index in [1.54, 1.807) is 12.1 Å². The minimum absolute atomic E-state index is 0.193. The van der Waals surface area contributed by atoms with E-state index < -0.39 is 10.0 Å². The second kappa shape index (κ2) is 8.65. The van der Waals surface area contributed by atoms with E-state index in [1.165, 1.54) is 5.57 Å². The lowest BCUT2D eigenvalue weighted by Crippen LogP contribution is -2.40. The smallest absolute Gasteiger partial charge is 0.261 e. The molecule has 0 aromatic heterocycles. The van der Waals surface area contributed by atoms with E-state index >= 15 is 0 Å². The molecule has 1 amide bonds. The second-order valence-corrected chi connectivity index (χ2v) is 10.8. The summed E-state index contributed by atoms with van der Waals surface area (Å²) in [5, 5.41) is 0. The van der Waals surface area contributed by atoms with Gasteiger partial charge in [-0.2, -0.15) is 0 Å². The lowest BCUT2D eigenvalue weighted by Gasteiger charge is -2.41. The predicted octanol–water partition coefficient (Wildman–Crippen LogP) is 4.85. The van der Waals surface area contributed by atoms with Crippen LogP contribution < -0.4 is 4.72 Å². The number of allylic oxidation sites excluding steroid dienone is 6. The molecule has 0 radical (unpaired) electrons. The summed E-state index contributed by atoms with van der Waals surface area (Å²) in [5.74, 6) is 1.22. The molecular formula is C25H32N2O3S. The minimum Gasteiger partial charge on any atom is -0.316 e. The van der Waals surface area contributed by atoms with Gasteiger partial charge in [0.05, 0.1) is 4.90 Å². The predicted molar refractivity (Wildman–Crippen MR) is 123 cm³/mol. The summed E-state index contributed by atoms with van der Waals surface area (Å²) >= 11 is 0. The maximum absolute atomic E-state index is 12.9. The number of benzene rings is 1. The fourth-order valence-electron chi connectivity index (χ4n) is 4.91. The van der Waals surface area contributed by atoms with Crippen molar-refractivity contribution in [1.29, 1.82) is 0 Å². The van der Waals surface area contributed by atoms with Gasteiger partial charge in [0.25, 0.3) is 10.0 Å². The van der Waals surface area contributed by atoms with E-state index in [1.807, 2.05) is 36.1 Å². The molecule has 4 rings (SSSR count). The molecule has 5 nitrogen and oxygen atoms in total. The van der Waals surface area contributed by atoms with Gasteiger partial charge in [-0.25, -0.2) is 8.42 Å². The van der Waals surface area contributed by atoms with Gasteiger partial charge < -0.3 is 4.90 Å². The number of hydrogen-bond donors (Lipinski definition) is 1. The van der Waals surface area contributed by atoms with Crippen molar-refractivity contribution in [3.05, 3.63) is 65.0 Å². The highest BCUT2D eigenvalue weighted by atomic mass is 32.2. The first-order valence-electron chi connectivity index (χ1n) is 11.3. The van der Waals surface area contributed by atoms with Crippen LogP contribution in [0.3, 0.4) is 0 Å². The molecule has 1 aliphatic heterocycles. The van der Waals surface area contributed by atoms with Crippen molar-refractivity contribution in [2.75, 3.05) is 6.54 Å². The summed E-state index contributed by atoms with van der Waals surface area (Å²) in [6.45, 7) is 6.90. The Bertz CT molecular complexity index is 1050. The van der Waals surface area contributed by atoms with Crippen LogP contribution in [0.4, 0.5) is 0 Å². The van der Waals surface area contributed by atoms with Gasteiger partial charge in [0.1, 0.15) is 0 Å². The SMILES string of the molecule is CCC(=O)N1CCCC2CC3CC(NS(=O)(=O)c4ccc(C(C)C)cc4)=CC=C3C=C21. The summed E-state index contributed by atoms with van der Waals surface area (Å²) in [7, 11) is -3.60. The van der Waals surface area contributed by atoms with Crippen molar-refractivity contribution < 1.29 is 13.2 Å². The Labute approximate surface area is 186 Å². The van der Waals surface area contributed by atoms with Crippen molar-refractivity contribution in [2.24, 2.45) is 11.8 Å². The third-order valence-electron chi connectivity index (χ3n) is 6.69. The molecule has 0 bridgehead atoms. The third-order valence-corrected chi connectivity index (χ3v) is 8.11. The molecule has 166 valence electrons. The Balaban J connectivity index is 1.53. The Morgan fingerprint density at radius 1 is 1.16 bits per heavy atom. The van der Waals surface area contributed by atoms with Crippen LogP contribution in [0, 0.1) is 11.8 Å². The number of nitrogens with one attached hydrogen (secondary N) is 1. The van der Waals surface area contributed by atoms with E-state index in [4.69, 9.17) is 0 Å². The number of likely N-dealkylation sites (tertiary alicyclic amines) is 1. The molecule has 1 N–H and O–H groups in total. The minimum atomic E-state index is -3.60. The quantitative estimate of drug-likeness (QED) is 0.711. The first kappa shape index (κ1) is 21.9.